The molecule has 2 nitrogen and oxygen atoms in total. The predicted molar refractivity (Wildman–Crippen MR) is 59.1 cm³/mol. The SMILES string of the molecule is CC1CCCC1CNc1c(F)c(F)nc(F)c1F. The van der Waals surface area contributed by atoms with Gasteiger partial charge in [-0.1, -0.05) is 19.8 Å². The molecule has 0 aliphatic heterocycles. The maximum atomic E-state index is 13.3. The molecule has 100 valence electrons. The van der Waals surface area contributed by atoms with Gasteiger partial charge in [0.2, 0.25) is 11.6 Å². The van der Waals surface area contributed by atoms with Crippen LogP contribution in [0.5, 0.6) is 0 Å². The Kier molecular flexibility index (Phi) is 3.73. The van der Waals surface area contributed by atoms with Crippen molar-refractivity contribution in [2.75, 3.05) is 11.9 Å². The van der Waals surface area contributed by atoms with Crippen molar-refractivity contribution in [2.45, 2.75) is 26.2 Å². The molecule has 0 saturated heterocycles. The smallest absolute Gasteiger partial charge is 0.253 e. The molecule has 1 aliphatic carbocycles. The highest BCUT2D eigenvalue weighted by molar-refractivity contribution is 5.45. The van der Waals surface area contributed by atoms with Gasteiger partial charge in [0, 0.05) is 6.54 Å². The number of aromatic nitrogens is 1. The molecule has 18 heavy (non-hydrogen) atoms. The first-order valence-electron chi connectivity index (χ1n) is 5.94. The number of nitrogens with zero attached hydrogens (tertiary/aromatic N) is 1. The summed E-state index contributed by atoms with van der Waals surface area (Å²) in [6, 6.07) is 0. The molecule has 0 amide bonds. The van der Waals surface area contributed by atoms with Crippen molar-refractivity contribution in [3.8, 4) is 0 Å². The quantitative estimate of drug-likeness (QED) is 0.666. The van der Waals surface area contributed by atoms with Crippen LogP contribution in [0.1, 0.15) is 26.2 Å². The molecule has 1 aromatic rings. The maximum absolute atomic E-state index is 13.3. The summed E-state index contributed by atoms with van der Waals surface area (Å²) in [5.41, 5.74) is -0.765. The number of nitrogens with one attached hydrogen (secondary N) is 1. The second-order valence-electron chi connectivity index (χ2n) is 4.75. The third-order valence-corrected chi connectivity index (χ3v) is 3.58. The molecule has 6 heteroatoms. The first kappa shape index (κ1) is 13.1. The van der Waals surface area contributed by atoms with E-state index in [9.17, 15) is 17.6 Å². The second kappa shape index (κ2) is 5.12. The summed E-state index contributed by atoms with van der Waals surface area (Å²) >= 11 is 0. The Bertz CT molecular complexity index is 424. The fourth-order valence-electron chi connectivity index (χ4n) is 2.40. The number of rotatable bonds is 3. The molecule has 1 N–H and O–H groups in total. The van der Waals surface area contributed by atoms with E-state index in [1.807, 2.05) is 0 Å². The van der Waals surface area contributed by atoms with E-state index in [1.54, 1.807) is 0 Å². The fourth-order valence-corrected chi connectivity index (χ4v) is 2.40. The van der Waals surface area contributed by atoms with Crippen LogP contribution in [-0.2, 0) is 0 Å². The van der Waals surface area contributed by atoms with E-state index in [4.69, 9.17) is 0 Å². The minimum Gasteiger partial charge on any atom is -0.380 e. The molecular weight excluding hydrogens is 248 g/mol. The maximum Gasteiger partial charge on any atom is 0.253 e. The molecular formula is C12H14F4N2. The Hall–Kier alpha value is -1.33. The normalized spacial score (nSPS) is 23.4. The van der Waals surface area contributed by atoms with Crippen molar-refractivity contribution >= 4 is 5.69 Å². The van der Waals surface area contributed by atoms with E-state index < -0.39 is 29.2 Å². The van der Waals surface area contributed by atoms with Crippen LogP contribution in [0.4, 0.5) is 23.2 Å². The van der Waals surface area contributed by atoms with Crippen LogP contribution in [0.25, 0.3) is 0 Å². The monoisotopic (exact) mass is 262 g/mol. The van der Waals surface area contributed by atoms with Crippen LogP contribution in [0.15, 0.2) is 0 Å². The summed E-state index contributed by atoms with van der Waals surface area (Å²) in [5.74, 6) is -5.49. The molecule has 2 atom stereocenters. The van der Waals surface area contributed by atoms with E-state index in [0.29, 0.717) is 12.5 Å². The Morgan fingerprint density at radius 3 is 2.22 bits per heavy atom. The summed E-state index contributed by atoms with van der Waals surface area (Å²) < 4.78 is 52.3. The van der Waals surface area contributed by atoms with Gasteiger partial charge in [0.05, 0.1) is 0 Å². The zero-order chi connectivity index (χ0) is 13.3. The van der Waals surface area contributed by atoms with Crippen LogP contribution in [0, 0.1) is 35.4 Å². The lowest BCUT2D eigenvalue weighted by Crippen LogP contribution is -2.19. The molecule has 0 spiro atoms. The molecule has 2 unspecified atom stereocenters. The molecule has 0 bridgehead atoms. The lowest BCUT2D eigenvalue weighted by atomic mass is 9.98. The topological polar surface area (TPSA) is 24.9 Å². The van der Waals surface area contributed by atoms with Gasteiger partial charge >= 0.3 is 0 Å². The van der Waals surface area contributed by atoms with Crippen molar-refractivity contribution in [1.29, 1.82) is 0 Å². The van der Waals surface area contributed by atoms with Crippen LogP contribution >= 0.6 is 0 Å². The Morgan fingerprint density at radius 2 is 1.72 bits per heavy atom. The van der Waals surface area contributed by atoms with E-state index >= 15 is 0 Å². The van der Waals surface area contributed by atoms with Crippen molar-refractivity contribution in [2.24, 2.45) is 11.8 Å². The van der Waals surface area contributed by atoms with E-state index in [0.717, 1.165) is 19.3 Å². The lowest BCUT2D eigenvalue weighted by molar-refractivity contribution is 0.405. The number of hydrogen-bond acceptors (Lipinski definition) is 2. The van der Waals surface area contributed by atoms with E-state index in [-0.39, 0.29) is 5.92 Å². The average Bonchev–Trinajstić information content (AvgIpc) is 2.73. The first-order valence-corrected chi connectivity index (χ1v) is 5.94. The largest absolute Gasteiger partial charge is 0.380 e. The van der Waals surface area contributed by atoms with Crippen LogP contribution < -0.4 is 5.32 Å². The molecule has 1 aromatic heterocycles. The van der Waals surface area contributed by atoms with Gasteiger partial charge in [-0.2, -0.15) is 22.5 Å². The van der Waals surface area contributed by atoms with Crippen molar-refractivity contribution in [3.63, 3.8) is 0 Å². The van der Waals surface area contributed by atoms with Gasteiger partial charge in [0.15, 0.2) is 0 Å². The highest BCUT2D eigenvalue weighted by atomic mass is 19.2. The number of pyridine rings is 1. The third-order valence-electron chi connectivity index (χ3n) is 3.58. The summed E-state index contributed by atoms with van der Waals surface area (Å²) in [4.78, 5) is 2.50. The second-order valence-corrected chi connectivity index (χ2v) is 4.75. The van der Waals surface area contributed by atoms with Gasteiger partial charge in [-0.15, -0.1) is 0 Å². The zero-order valence-electron chi connectivity index (χ0n) is 9.94. The molecule has 1 fully saturated rings. The van der Waals surface area contributed by atoms with Gasteiger partial charge in [-0.05, 0) is 18.3 Å². The standard InChI is InChI=1S/C12H14F4N2/c1-6-3-2-4-7(6)5-17-10-8(13)11(15)18-12(16)9(10)14/h6-7H,2-5H2,1H3,(H,17,18). The average molecular weight is 262 g/mol. The Balaban J connectivity index is 2.13. The molecule has 1 saturated carbocycles. The Labute approximate surface area is 102 Å². The summed E-state index contributed by atoms with van der Waals surface area (Å²) in [7, 11) is 0. The summed E-state index contributed by atoms with van der Waals surface area (Å²) in [6.07, 6.45) is 3.08. The van der Waals surface area contributed by atoms with Crippen LogP contribution in [0.3, 0.4) is 0 Å². The molecule has 1 heterocycles. The summed E-state index contributed by atoms with van der Waals surface area (Å²) in [6.45, 7) is 2.36. The van der Waals surface area contributed by atoms with Gasteiger partial charge in [-0.3, -0.25) is 0 Å². The predicted octanol–water partition coefficient (Wildman–Crippen LogP) is 3.49. The third kappa shape index (κ3) is 2.42. The molecule has 1 aliphatic rings. The van der Waals surface area contributed by atoms with Crippen molar-refractivity contribution in [3.05, 3.63) is 23.5 Å². The molecule has 2 rings (SSSR count). The van der Waals surface area contributed by atoms with Gasteiger partial charge in [0.25, 0.3) is 11.9 Å². The van der Waals surface area contributed by atoms with E-state index in [2.05, 4.69) is 17.2 Å². The van der Waals surface area contributed by atoms with Gasteiger partial charge < -0.3 is 5.32 Å². The Morgan fingerprint density at radius 1 is 1.11 bits per heavy atom. The van der Waals surface area contributed by atoms with Crippen LogP contribution in [-0.4, -0.2) is 11.5 Å². The zero-order valence-corrected chi connectivity index (χ0v) is 9.94. The van der Waals surface area contributed by atoms with E-state index in [1.165, 1.54) is 0 Å². The first-order chi connectivity index (χ1) is 8.50. The van der Waals surface area contributed by atoms with Crippen LogP contribution in [0.2, 0.25) is 0 Å². The van der Waals surface area contributed by atoms with Gasteiger partial charge in [-0.25, -0.2) is 0 Å². The summed E-state index contributed by atoms with van der Waals surface area (Å²) in [5, 5.41) is 2.47. The fraction of sp³-hybridized carbons (Fsp3) is 0.583. The number of anilines is 1. The highest BCUT2D eigenvalue weighted by Gasteiger charge is 2.25. The molecule has 0 aromatic carbocycles. The number of halogens is 4. The minimum atomic E-state index is -1.63. The van der Waals surface area contributed by atoms with Crippen molar-refractivity contribution < 1.29 is 17.6 Å². The molecule has 0 radical (unpaired) electrons. The van der Waals surface area contributed by atoms with Gasteiger partial charge in [0.1, 0.15) is 5.69 Å². The van der Waals surface area contributed by atoms with Crippen molar-refractivity contribution in [1.82, 2.24) is 4.98 Å². The lowest BCUT2D eigenvalue weighted by Gasteiger charge is -2.17. The number of hydrogen-bond donors (Lipinski definition) is 1. The highest BCUT2D eigenvalue weighted by Crippen LogP contribution is 2.32. The minimum absolute atomic E-state index is 0.267.